The van der Waals surface area contributed by atoms with E-state index in [-0.39, 0.29) is 5.56 Å². The van der Waals surface area contributed by atoms with Gasteiger partial charge in [-0.1, -0.05) is 18.5 Å². The molecule has 2 heterocycles. The van der Waals surface area contributed by atoms with E-state index in [0.717, 1.165) is 49.0 Å². The summed E-state index contributed by atoms with van der Waals surface area (Å²) in [6.45, 7) is 5.66. The second-order valence-corrected chi connectivity index (χ2v) is 6.19. The summed E-state index contributed by atoms with van der Waals surface area (Å²) < 4.78 is 9.40. The predicted molar refractivity (Wildman–Crippen MR) is 89.0 cm³/mol. The molecule has 0 amide bonds. The average molecular weight is 321 g/mol. The molecule has 0 aliphatic carbocycles. The number of methoxy groups -OCH3 is 1. The van der Waals surface area contributed by atoms with Crippen molar-refractivity contribution in [2.45, 2.75) is 46.2 Å². The number of benzene rings is 1. The molecule has 1 aromatic carbocycles. The van der Waals surface area contributed by atoms with E-state index in [1.807, 2.05) is 28.4 Å². The van der Waals surface area contributed by atoms with Gasteiger partial charge in [-0.15, -0.1) is 0 Å². The van der Waals surface area contributed by atoms with Crippen LogP contribution in [0.4, 0.5) is 0 Å². The highest BCUT2D eigenvalue weighted by Crippen LogP contribution is 2.35. The molecule has 0 N–H and O–H groups in total. The first kappa shape index (κ1) is 15.2. The first-order valence-corrected chi connectivity index (χ1v) is 8.13. The number of nitrogens with zero attached hydrogens (tertiary/aromatic N) is 2. The Hall–Kier alpha value is -1.68. The lowest BCUT2D eigenvalue weighted by atomic mass is 9.95. The normalized spacial score (nSPS) is 14.0. The van der Waals surface area contributed by atoms with Crippen LogP contribution in [-0.2, 0) is 19.5 Å². The molecule has 0 radical (unpaired) electrons. The van der Waals surface area contributed by atoms with Gasteiger partial charge in [0.05, 0.1) is 7.11 Å². The van der Waals surface area contributed by atoms with E-state index in [0.29, 0.717) is 16.5 Å². The second-order valence-electron chi connectivity index (χ2n) is 5.75. The van der Waals surface area contributed by atoms with Crippen molar-refractivity contribution in [1.29, 1.82) is 0 Å². The van der Waals surface area contributed by atoms with Crippen molar-refractivity contribution < 1.29 is 4.74 Å². The molecule has 5 heteroatoms. The molecule has 1 aromatic heterocycles. The van der Waals surface area contributed by atoms with Crippen molar-refractivity contribution in [2.24, 2.45) is 0 Å². The van der Waals surface area contributed by atoms with Gasteiger partial charge in [0, 0.05) is 18.1 Å². The molecule has 0 saturated heterocycles. The molecule has 3 rings (SSSR count). The lowest BCUT2D eigenvalue weighted by molar-refractivity contribution is 0.293. The molecule has 1 aliphatic heterocycles. The molecule has 4 nitrogen and oxygen atoms in total. The minimum atomic E-state index is 0.0386. The molecule has 22 heavy (non-hydrogen) atoms. The Morgan fingerprint density at radius 3 is 2.50 bits per heavy atom. The molecule has 0 fully saturated rings. The molecule has 0 atom stereocenters. The Bertz CT molecular complexity index is 774. The fraction of sp³-hybridized carbons (Fsp3) is 0.471. The predicted octanol–water partition coefficient (Wildman–Crippen LogP) is 3.64. The van der Waals surface area contributed by atoms with Crippen LogP contribution in [0.3, 0.4) is 0 Å². The van der Waals surface area contributed by atoms with Crippen LogP contribution in [0, 0.1) is 6.92 Å². The van der Waals surface area contributed by atoms with Crippen LogP contribution in [0.5, 0.6) is 5.88 Å². The van der Waals surface area contributed by atoms with Gasteiger partial charge in [-0.2, -0.15) is 0 Å². The smallest absolute Gasteiger partial charge is 0.278 e. The molecule has 118 valence electrons. The highest BCUT2D eigenvalue weighted by Gasteiger charge is 2.26. The fourth-order valence-corrected chi connectivity index (χ4v) is 3.70. The third-order valence-electron chi connectivity index (χ3n) is 4.38. The molecule has 0 unspecified atom stereocenters. The highest BCUT2D eigenvalue weighted by molar-refractivity contribution is 6.30. The van der Waals surface area contributed by atoms with Gasteiger partial charge in [0.2, 0.25) is 5.88 Å². The summed E-state index contributed by atoms with van der Waals surface area (Å²) >= 11 is 6.18. The largest absolute Gasteiger partial charge is 0.481 e. The lowest BCUT2D eigenvalue weighted by Crippen LogP contribution is -2.27. The van der Waals surface area contributed by atoms with Gasteiger partial charge in [0.25, 0.3) is 5.56 Å². The SMILES string of the molecule is CCc1cc(Cl)cc(C)c1-c1c(OC)n2n(c1=O)CCCC2. The Balaban J connectivity index is 2.34. The molecule has 0 spiro atoms. The van der Waals surface area contributed by atoms with Gasteiger partial charge in [0.1, 0.15) is 5.56 Å². The summed E-state index contributed by atoms with van der Waals surface area (Å²) in [6.07, 6.45) is 2.93. The van der Waals surface area contributed by atoms with Gasteiger partial charge in [-0.3, -0.25) is 9.48 Å². The zero-order valence-corrected chi connectivity index (χ0v) is 14.0. The first-order chi connectivity index (χ1) is 10.6. The number of rotatable bonds is 3. The van der Waals surface area contributed by atoms with Gasteiger partial charge in [0.15, 0.2) is 0 Å². The van der Waals surface area contributed by atoms with Gasteiger partial charge in [-0.05, 0) is 55.0 Å². The van der Waals surface area contributed by atoms with Gasteiger partial charge >= 0.3 is 0 Å². The Morgan fingerprint density at radius 2 is 1.86 bits per heavy atom. The number of ether oxygens (including phenoxy) is 1. The van der Waals surface area contributed by atoms with E-state index < -0.39 is 0 Å². The van der Waals surface area contributed by atoms with Crippen LogP contribution in [0.2, 0.25) is 5.02 Å². The van der Waals surface area contributed by atoms with Crippen molar-refractivity contribution in [1.82, 2.24) is 9.36 Å². The molecular weight excluding hydrogens is 300 g/mol. The van der Waals surface area contributed by atoms with Gasteiger partial charge < -0.3 is 4.74 Å². The van der Waals surface area contributed by atoms with Crippen LogP contribution in [0.15, 0.2) is 16.9 Å². The summed E-state index contributed by atoms with van der Waals surface area (Å²) in [6, 6.07) is 3.86. The number of hydrogen-bond donors (Lipinski definition) is 0. The topological polar surface area (TPSA) is 36.2 Å². The maximum Gasteiger partial charge on any atom is 0.278 e. The average Bonchev–Trinajstić information content (AvgIpc) is 2.79. The lowest BCUT2D eigenvalue weighted by Gasteiger charge is -2.18. The number of aromatic nitrogens is 2. The van der Waals surface area contributed by atoms with Crippen LogP contribution in [-0.4, -0.2) is 16.5 Å². The molecule has 2 aromatic rings. The third kappa shape index (κ3) is 2.26. The number of hydrogen-bond acceptors (Lipinski definition) is 2. The number of fused-ring (bicyclic) bond motifs is 1. The van der Waals surface area contributed by atoms with E-state index in [9.17, 15) is 4.79 Å². The Kier molecular flexibility index (Phi) is 4.04. The quantitative estimate of drug-likeness (QED) is 0.865. The molecular formula is C17H21ClN2O2. The van der Waals surface area contributed by atoms with Crippen molar-refractivity contribution in [3.05, 3.63) is 38.6 Å². The minimum Gasteiger partial charge on any atom is -0.481 e. The monoisotopic (exact) mass is 320 g/mol. The summed E-state index contributed by atoms with van der Waals surface area (Å²) in [5.74, 6) is 0.671. The third-order valence-corrected chi connectivity index (χ3v) is 4.60. The summed E-state index contributed by atoms with van der Waals surface area (Å²) in [4.78, 5) is 12.9. The Morgan fingerprint density at radius 1 is 1.18 bits per heavy atom. The summed E-state index contributed by atoms with van der Waals surface area (Å²) in [5.41, 5.74) is 3.79. The highest BCUT2D eigenvalue weighted by atomic mass is 35.5. The van der Waals surface area contributed by atoms with Crippen LogP contribution in [0.1, 0.15) is 30.9 Å². The zero-order chi connectivity index (χ0) is 15.9. The van der Waals surface area contributed by atoms with Gasteiger partial charge in [-0.25, -0.2) is 4.68 Å². The molecule has 0 bridgehead atoms. The standard InChI is InChI=1S/C17H21ClN2O2/c1-4-12-10-13(18)9-11(2)14(12)15-16(21)19-7-5-6-8-20(19)17(15)22-3/h9-10H,4-8H2,1-3H3. The summed E-state index contributed by atoms with van der Waals surface area (Å²) in [5, 5.41) is 0.709. The van der Waals surface area contributed by atoms with Crippen molar-refractivity contribution in [2.75, 3.05) is 7.11 Å². The zero-order valence-electron chi connectivity index (χ0n) is 13.3. The van der Waals surface area contributed by atoms with E-state index in [4.69, 9.17) is 16.3 Å². The fourth-order valence-electron chi connectivity index (χ4n) is 3.41. The summed E-state index contributed by atoms with van der Waals surface area (Å²) in [7, 11) is 1.64. The first-order valence-electron chi connectivity index (χ1n) is 7.75. The van der Waals surface area contributed by atoms with Crippen LogP contribution in [0.25, 0.3) is 11.1 Å². The van der Waals surface area contributed by atoms with E-state index in [1.54, 1.807) is 7.11 Å². The van der Waals surface area contributed by atoms with Crippen molar-refractivity contribution >= 4 is 11.6 Å². The number of aryl methyl sites for hydroxylation is 2. The minimum absolute atomic E-state index is 0.0386. The molecule has 1 aliphatic rings. The number of halogens is 1. The van der Waals surface area contributed by atoms with E-state index in [1.165, 1.54) is 0 Å². The van der Waals surface area contributed by atoms with Crippen molar-refractivity contribution in [3.8, 4) is 17.0 Å². The maximum absolute atomic E-state index is 12.9. The van der Waals surface area contributed by atoms with Crippen LogP contribution >= 0.6 is 11.6 Å². The second kappa shape index (κ2) is 5.84. The van der Waals surface area contributed by atoms with Crippen LogP contribution < -0.4 is 10.3 Å². The van der Waals surface area contributed by atoms with E-state index >= 15 is 0 Å². The molecule has 0 saturated carbocycles. The van der Waals surface area contributed by atoms with E-state index in [2.05, 4.69) is 6.92 Å². The van der Waals surface area contributed by atoms with Crippen molar-refractivity contribution in [3.63, 3.8) is 0 Å². The maximum atomic E-state index is 12.9. The Labute approximate surface area is 135 Å².